The third kappa shape index (κ3) is 2.42. The predicted molar refractivity (Wildman–Crippen MR) is 93.4 cm³/mol. The van der Waals surface area contributed by atoms with Gasteiger partial charge in [-0.25, -0.2) is 0 Å². The van der Waals surface area contributed by atoms with Gasteiger partial charge in [-0.05, 0) is 18.6 Å². The Balaban J connectivity index is 1.67. The van der Waals surface area contributed by atoms with Crippen LogP contribution in [0.25, 0.3) is 0 Å². The van der Waals surface area contributed by atoms with E-state index in [-0.39, 0.29) is 11.8 Å². The lowest BCUT2D eigenvalue weighted by Crippen LogP contribution is -2.22. The maximum absolute atomic E-state index is 11.2. The third-order valence-electron chi connectivity index (χ3n) is 5.04. The van der Waals surface area contributed by atoms with Gasteiger partial charge in [-0.2, -0.15) is 0 Å². The lowest BCUT2D eigenvalue weighted by atomic mass is 9.89. The molecular weight excluding hydrogens is 326 g/mol. The van der Waals surface area contributed by atoms with Crippen LogP contribution in [0.4, 0.5) is 5.69 Å². The van der Waals surface area contributed by atoms with E-state index >= 15 is 0 Å². The Labute approximate surface area is 145 Å². The van der Waals surface area contributed by atoms with Crippen LogP contribution in [0.15, 0.2) is 36.4 Å². The monoisotopic (exact) mass is 343 g/mol. The summed E-state index contributed by atoms with van der Waals surface area (Å²) in [7, 11) is 0. The van der Waals surface area contributed by atoms with Crippen LogP contribution < -0.4 is 9.64 Å². The number of carboxylic acid groups (broad SMARTS) is 1. The van der Waals surface area contributed by atoms with E-state index in [2.05, 4.69) is 24.0 Å². The largest absolute Gasteiger partial charge is 0.481 e. The van der Waals surface area contributed by atoms with Crippen molar-refractivity contribution in [2.24, 2.45) is 5.92 Å². The van der Waals surface area contributed by atoms with Gasteiger partial charge in [0, 0.05) is 41.9 Å². The van der Waals surface area contributed by atoms with Crippen molar-refractivity contribution in [3.8, 4) is 11.5 Å². The Hall–Kier alpha value is -2.20. The average molecular weight is 344 g/mol. The van der Waals surface area contributed by atoms with E-state index in [4.69, 9.17) is 16.3 Å². The molecule has 0 radical (unpaired) electrons. The second-order valence-electron chi connectivity index (χ2n) is 6.47. The zero-order valence-electron chi connectivity index (χ0n) is 13.3. The summed E-state index contributed by atoms with van der Waals surface area (Å²) in [6.45, 7) is 3.44. The van der Waals surface area contributed by atoms with E-state index in [0.717, 1.165) is 34.9 Å². The first-order chi connectivity index (χ1) is 11.5. The van der Waals surface area contributed by atoms with Gasteiger partial charge in [0.15, 0.2) is 0 Å². The molecule has 1 unspecified atom stereocenters. The molecule has 0 aromatic heterocycles. The van der Waals surface area contributed by atoms with E-state index < -0.39 is 5.97 Å². The first-order valence-electron chi connectivity index (χ1n) is 8.12. The van der Waals surface area contributed by atoms with Crippen molar-refractivity contribution in [2.45, 2.75) is 19.3 Å². The lowest BCUT2D eigenvalue weighted by Gasteiger charge is -2.28. The Morgan fingerprint density at radius 2 is 2.12 bits per heavy atom. The second kappa shape index (κ2) is 5.71. The molecular formula is C19H18ClNO3. The maximum Gasteiger partial charge on any atom is 0.308 e. The highest BCUT2D eigenvalue weighted by Crippen LogP contribution is 2.48. The first kappa shape index (κ1) is 15.3. The normalized spacial score (nSPS) is 21.8. The van der Waals surface area contributed by atoms with Gasteiger partial charge in [0.25, 0.3) is 0 Å². The fourth-order valence-corrected chi connectivity index (χ4v) is 3.83. The van der Waals surface area contributed by atoms with Gasteiger partial charge in [-0.3, -0.25) is 4.79 Å². The number of carbonyl (C=O) groups is 1. The molecule has 4 rings (SSSR count). The van der Waals surface area contributed by atoms with Crippen LogP contribution in [0, 0.1) is 5.92 Å². The van der Waals surface area contributed by atoms with E-state index in [1.807, 2.05) is 24.3 Å². The molecule has 0 bridgehead atoms. The lowest BCUT2D eigenvalue weighted by molar-refractivity contribution is -0.140. The van der Waals surface area contributed by atoms with Crippen LogP contribution in [-0.2, 0) is 4.79 Å². The Morgan fingerprint density at radius 1 is 1.29 bits per heavy atom. The minimum absolute atomic E-state index is 0.210. The summed E-state index contributed by atoms with van der Waals surface area (Å²) in [6, 6.07) is 11.9. The zero-order chi connectivity index (χ0) is 16.8. The predicted octanol–water partition coefficient (Wildman–Crippen LogP) is 4.51. The maximum atomic E-state index is 11.2. The SMILES string of the molecule is C[C@H]1c2ccc(N3CCC(C(=O)O)C3)cc2Oc2c(Cl)cccc21. The third-order valence-corrected chi connectivity index (χ3v) is 5.34. The number of fused-ring (bicyclic) bond motifs is 2. The Bertz CT molecular complexity index is 820. The molecule has 0 saturated carbocycles. The van der Waals surface area contributed by atoms with Crippen LogP contribution >= 0.6 is 11.6 Å². The molecule has 0 aliphatic carbocycles. The Kier molecular flexibility index (Phi) is 3.65. The van der Waals surface area contributed by atoms with Gasteiger partial charge < -0.3 is 14.7 Å². The highest BCUT2D eigenvalue weighted by atomic mass is 35.5. The summed E-state index contributed by atoms with van der Waals surface area (Å²) in [6.07, 6.45) is 0.679. The highest BCUT2D eigenvalue weighted by Gasteiger charge is 2.30. The summed E-state index contributed by atoms with van der Waals surface area (Å²) >= 11 is 6.29. The van der Waals surface area contributed by atoms with Gasteiger partial charge in [0.2, 0.25) is 0 Å². The van der Waals surface area contributed by atoms with Gasteiger partial charge in [0.05, 0.1) is 10.9 Å². The van der Waals surface area contributed by atoms with Crippen molar-refractivity contribution in [3.05, 3.63) is 52.5 Å². The minimum atomic E-state index is -0.721. The highest BCUT2D eigenvalue weighted by molar-refractivity contribution is 6.32. The van der Waals surface area contributed by atoms with Crippen molar-refractivity contribution in [1.29, 1.82) is 0 Å². The smallest absolute Gasteiger partial charge is 0.308 e. The summed E-state index contributed by atoms with van der Waals surface area (Å²) in [5.74, 6) is 0.722. The second-order valence-corrected chi connectivity index (χ2v) is 6.88. The number of para-hydroxylation sites is 1. The summed E-state index contributed by atoms with van der Waals surface area (Å²) in [4.78, 5) is 13.3. The number of ether oxygens (including phenoxy) is 1. The molecule has 2 aliphatic rings. The molecule has 2 aromatic rings. The first-order valence-corrected chi connectivity index (χ1v) is 8.50. The van der Waals surface area contributed by atoms with Crippen LogP contribution in [0.2, 0.25) is 5.02 Å². The number of aliphatic carboxylic acids is 1. The summed E-state index contributed by atoms with van der Waals surface area (Å²) < 4.78 is 6.08. The molecule has 1 fully saturated rings. The molecule has 2 aromatic carbocycles. The van der Waals surface area contributed by atoms with E-state index in [1.54, 1.807) is 0 Å². The molecule has 1 N–H and O–H groups in total. The number of halogens is 1. The molecule has 2 heterocycles. The van der Waals surface area contributed by atoms with Crippen molar-refractivity contribution in [1.82, 2.24) is 0 Å². The number of anilines is 1. The van der Waals surface area contributed by atoms with E-state index in [9.17, 15) is 9.90 Å². The molecule has 0 amide bonds. The fourth-order valence-electron chi connectivity index (χ4n) is 3.61. The van der Waals surface area contributed by atoms with Crippen molar-refractivity contribution in [3.63, 3.8) is 0 Å². The number of benzene rings is 2. The van der Waals surface area contributed by atoms with Crippen LogP contribution in [0.3, 0.4) is 0 Å². The molecule has 0 spiro atoms. The van der Waals surface area contributed by atoms with Crippen molar-refractivity contribution >= 4 is 23.3 Å². The summed E-state index contributed by atoms with van der Waals surface area (Å²) in [5.41, 5.74) is 3.22. The molecule has 24 heavy (non-hydrogen) atoms. The van der Waals surface area contributed by atoms with E-state index in [1.165, 1.54) is 0 Å². The van der Waals surface area contributed by atoms with E-state index in [0.29, 0.717) is 18.0 Å². The molecule has 5 heteroatoms. The Morgan fingerprint density at radius 3 is 2.88 bits per heavy atom. The van der Waals surface area contributed by atoms with Crippen LogP contribution in [-0.4, -0.2) is 24.2 Å². The standard InChI is InChI=1S/C19H18ClNO3/c1-11-14-6-5-13(21-8-7-12(10-21)19(22)23)9-17(14)24-18-15(11)3-2-4-16(18)20/h2-6,9,11-12H,7-8,10H2,1H3,(H,22,23)/t11-,12?/m0/s1. The molecule has 124 valence electrons. The molecule has 2 aliphatic heterocycles. The molecule has 1 saturated heterocycles. The van der Waals surface area contributed by atoms with Gasteiger partial charge in [-0.1, -0.05) is 36.7 Å². The quantitative estimate of drug-likeness (QED) is 0.871. The number of nitrogens with zero attached hydrogens (tertiary/aromatic N) is 1. The summed E-state index contributed by atoms with van der Waals surface area (Å²) in [5, 5.41) is 9.79. The fraction of sp³-hybridized carbons (Fsp3) is 0.316. The topological polar surface area (TPSA) is 49.8 Å². The van der Waals surface area contributed by atoms with Crippen molar-refractivity contribution < 1.29 is 14.6 Å². The number of hydrogen-bond donors (Lipinski definition) is 1. The number of rotatable bonds is 2. The van der Waals surface area contributed by atoms with Gasteiger partial charge >= 0.3 is 5.97 Å². The average Bonchev–Trinajstić information content (AvgIpc) is 3.06. The number of carboxylic acids is 1. The number of hydrogen-bond acceptors (Lipinski definition) is 3. The van der Waals surface area contributed by atoms with Crippen LogP contribution in [0.5, 0.6) is 11.5 Å². The minimum Gasteiger partial charge on any atom is -0.481 e. The van der Waals surface area contributed by atoms with Crippen molar-refractivity contribution in [2.75, 3.05) is 18.0 Å². The zero-order valence-corrected chi connectivity index (χ0v) is 14.1. The van der Waals surface area contributed by atoms with Gasteiger partial charge in [0.1, 0.15) is 11.5 Å². The molecule has 4 nitrogen and oxygen atoms in total. The van der Waals surface area contributed by atoms with Gasteiger partial charge in [-0.15, -0.1) is 0 Å². The van der Waals surface area contributed by atoms with Crippen LogP contribution in [0.1, 0.15) is 30.4 Å². The molecule has 2 atom stereocenters.